The molecule has 0 saturated heterocycles. The Hall–Kier alpha value is -2.30. The molecule has 2 amide bonds. The predicted octanol–water partition coefficient (Wildman–Crippen LogP) is 2.54. The molecule has 2 N–H and O–H groups in total. The number of nitrogens with zero attached hydrogens (tertiary/aromatic N) is 1. The molecule has 1 unspecified atom stereocenters. The van der Waals surface area contributed by atoms with Crippen molar-refractivity contribution >= 4 is 6.03 Å². The van der Waals surface area contributed by atoms with Crippen LogP contribution in [0.1, 0.15) is 30.2 Å². The molecule has 0 aliphatic heterocycles. The Morgan fingerprint density at radius 2 is 2.21 bits per heavy atom. The fourth-order valence-electron chi connectivity index (χ4n) is 1.68. The number of carbonyl (C=O) groups is 1. The molecule has 0 spiro atoms. The van der Waals surface area contributed by atoms with E-state index in [1.165, 1.54) is 0 Å². The van der Waals surface area contributed by atoms with Crippen LogP contribution in [-0.2, 0) is 6.54 Å². The molecule has 2 aromatic rings. The van der Waals surface area contributed by atoms with Crippen molar-refractivity contribution < 1.29 is 9.21 Å². The fraction of sp³-hybridized carbons (Fsp3) is 0.286. The van der Waals surface area contributed by atoms with E-state index in [1.807, 2.05) is 44.2 Å². The zero-order valence-corrected chi connectivity index (χ0v) is 11.0. The highest BCUT2D eigenvalue weighted by molar-refractivity contribution is 5.74. The molecule has 100 valence electrons. The second kappa shape index (κ2) is 6.04. The molecule has 0 radical (unpaired) electrons. The quantitative estimate of drug-likeness (QED) is 0.886. The van der Waals surface area contributed by atoms with Gasteiger partial charge in [0.2, 0.25) is 0 Å². The number of pyridine rings is 1. The van der Waals surface area contributed by atoms with Crippen LogP contribution in [-0.4, -0.2) is 11.0 Å². The first kappa shape index (κ1) is 13.1. The molecule has 0 aromatic carbocycles. The normalized spacial score (nSPS) is 11.9. The largest absolute Gasteiger partial charge is 0.464 e. The van der Waals surface area contributed by atoms with Gasteiger partial charge in [0.1, 0.15) is 11.5 Å². The van der Waals surface area contributed by atoms with Gasteiger partial charge in [-0.05, 0) is 38.1 Å². The maximum absolute atomic E-state index is 11.7. The zero-order valence-electron chi connectivity index (χ0n) is 11.0. The van der Waals surface area contributed by atoms with E-state index in [4.69, 9.17) is 4.42 Å². The maximum atomic E-state index is 11.7. The Balaban J connectivity index is 1.81. The molecule has 1 atom stereocenters. The van der Waals surface area contributed by atoms with Crippen molar-refractivity contribution in [1.29, 1.82) is 0 Å². The van der Waals surface area contributed by atoms with Crippen LogP contribution in [0.3, 0.4) is 0 Å². The minimum absolute atomic E-state index is 0.169. The fourth-order valence-corrected chi connectivity index (χ4v) is 1.68. The Kier molecular flexibility index (Phi) is 4.18. The first-order chi connectivity index (χ1) is 9.15. The van der Waals surface area contributed by atoms with Gasteiger partial charge in [0.25, 0.3) is 0 Å². The second-order valence-electron chi connectivity index (χ2n) is 4.32. The van der Waals surface area contributed by atoms with Crippen molar-refractivity contribution in [3.63, 3.8) is 0 Å². The minimum Gasteiger partial charge on any atom is -0.464 e. The van der Waals surface area contributed by atoms with Crippen LogP contribution >= 0.6 is 0 Å². The summed E-state index contributed by atoms with van der Waals surface area (Å²) in [4.78, 5) is 15.8. The average Bonchev–Trinajstić information content (AvgIpc) is 2.84. The maximum Gasteiger partial charge on any atom is 0.315 e. The van der Waals surface area contributed by atoms with Crippen LogP contribution in [0, 0.1) is 6.92 Å². The van der Waals surface area contributed by atoms with Crippen molar-refractivity contribution in [2.24, 2.45) is 0 Å². The number of amides is 2. The average molecular weight is 259 g/mol. The van der Waals surface area contributed by atoms with E-state index in [2.05, 4.69) is 15.6 Å². The Morgan fingerprint density at radius 1 is 1.37 bits per heavy atom. The van der Waals surface area contributed by atoms with Crippen LogP contribution in [0.15, 0.2) is 40.9 Å². The molecule has 19 heavy (non-hydrogen) atoms. The minimum atomic E-state index is -0.243. The zero-order chi connectivity index (χ0) is 13.7. The molecule has 0 aliphatic rings. The summed E-state index contributed by atoms with van der Waals surface area (Å²) in [5.41, 5.74) is 0.819. The molecule has 2 aromatic heterocycles. The third-order valence-electron chi connectivity index (χ3n) is 2.69. The molecule has 0 bridgehead atoms. The Labute approximate surface area is 112 Å². The number of rotatable bonds is 4. The van der Waals surface area contributed by atoms with E-state index in [1.54, 1.807) is 6.20 Å². The van der Waals surface area contributed by atoms with Gasteiger partial charge in [-0.15, -0.1) is 0 Å². The number of carbonyl (C=O) groups excluding carboxylic acids is 1. The summed E-state index contributed by atoms with van der Waals surface area (Å²) >= 11 is 0. The van der Waals surface area contributed by atoms with Crippen LogP contribution in [0.25, 0.3) is 0 Å². The Morgan fingerprint density at radius 3 is 2.84 bits per heavy atom. The monoisotopic (exact) mass is 259 g/mol. The van der Waals surface area contributed by atoms with Crippen molar-refractivity contribution in [3.05, 3.63) is 53.7 Å². The Bertz CT molecular complexity index is 537. The first-order valence-corrected chi connectivity index (χ1v) is 6.16. The summed E-state index contributed by atoms with van der Waals surface area (Å²) in [6.07, 6.45) is 1.70. The highest BCUT2D eigenvalue weighted by atomic mass is 16.3. The number of urea groups is 1. The SMILES string of the molecule is Cc1ccc(C(C)NC(=O)NCc2ccccn2)o1. The lowest BCUT2D eigenvalue weighted by Crippen LogP contribution is -2.36. The lowest BCUT2D eigenvalue weighted by molar-refractivity contribution is 0.235. The summed E-state index contributed by atoms with van der Waals surface area (Å²) in [5, 5.41) is 5.56. The van der Waals surface area contributed by atoms with Gasteiger partial charge < -0.3 is 15.1 Å². The van der Waals surface area contributed by atoms with E-state index in [9.17, 15) is 4.79 Å². The van der Waals surface area contributed by atoms with Gasteiger partial charge in [-0.3, -0.25) is 4.98 Å². The topological polar surface area (TPSA) is 67.2 Å². The van der Waals surface area contributed by atoms with Crippen LogP contribution in [0.2, 0.25) is 0 Å². The highest BCUT2D eigenvalue weighted by Crippen LogP contribution is 2.15. The van der Waals surface area contributed by atoms with Crippen molar-refractivity contribution in [3.8, 4) is 0 Å². The highest BCUT2D eigenvalue weighted by Gasteiger charge is 2.12. The lowest BCUT2D eigenvalue weighted by Gasteiger charge is -2.12. The summed E-state index contributed by atoms with van der Waals surface area (Å²) in [6.45, 7) is 4.15. The van der Waals surface area contributed by atoms with Gasteiger partial charge in [-0.25, -0.2) is 4.79 Å². The number of nitrogens with one attached hydrogen (secondary N) is 2. The van der Waals surface area contributed by atoms with E-state index < -0.39 is 0 Å². The third kappa shape index (κ3) is 3.84. The van der Waals surface area contributed by atoms with Crippen molar-refractivity contribution in [2.45, 2.75) is 26.4 Å². The van der Waals surface area contributed by atoms with E-state index in [-0.39, 0.29) is 12.1 Å². The molecule has 0 aliphatic carbocycles. The van der Waals surface area contributed by atoms with Gasteiger partial charge >= 0.3 is 6.03 Å². The van der Waals surface area contributed by atoms with Crippen molar-refractivity contribution in [1.82, 2.24) is 15.6 Å². The molecular formula is C14H17N3O2. The smallest absolute Gasteiger partial charge is 0.315 e. The summed E-state index contributed by atoms with van der Waals surface area (Å²) in [6, 6.07) is 8.91. The number of furan rings is 1. The molecule has 5 nitrogen and oxygen atoms in total. The van der Waals surface area contributed by atoms with Crippen LogP contribution < -0.4 is 10.6 Å². The van der Waals surface area contributed by atoms with Crippen molar-refractivity contribution in [2.75, 3.05) is 0 Å². The third-order valence-corrected chi connectivity index (χ3v) is 2.69. The number of hydrogen-bond donors (Lipinski definition) is 2. The van der Waals surface area contributed by atoms with E-state index in [0.717, 1.165) is 17.2 Å². The van der Waals surface area contributed by atoms with Gasteiger partial charge in [0, 0.05) is 6.20 Å². The second-order valence-corrected chi connectivity index (χ2v) is 4.32. The lowest BCUT2D eigenvalue weighted by atomic mass is 10.2. The molecule has 0 fully saturated rings. The molecule has 2 rings (SSSR count). The first-order valence-electron chi connectivity index (χ1n) is 6.16. The standard InChI is InChI=1S/C14H17N3O2/c1-10-6-7-13(19-10)11(2)17-14(18)16-9-12-5-3-4-8-15-12/h3-8,11H,9H2,1-2H3,(H2,16,17,18). The molecule has 5 heteroatoms. The van der Waals surface area contributed by atoms with E-state index >= 15 is 0 Å². The van der Waals surface area contributed by atoms with Gasteiger partial charge in [-0.1, -0.05) is 6.07 Å². The molecule has 2 heterocycles. The number of aromatic nitrogens is 1. The summed E-state index contributed by atoms with van der Waals surface area (Å²) in [7, 11) is 0. The van der Waals surface area contributed by atoms with Crippen LogP contribution in [0.4, 0.5) is 4.79 Å². The van der Waals surface area contributed by atoms with E-state index in [0.29, 0.717) is 6.54 Å². The van der Waals surface area contributed by atoms with Gasteiger partial charge in [-0.2, -0.15) is 0 Å². The number of aryl methyl sites for hydroxylation is 1. The predicted molar refractivity (Wildman–Crippen MR) is 71.5 cm³/mol. The summed E-state index contributed by atoms with van der Waals surface area (Å²) in [5.74, 6) is 1.57. The van der Waals surface area contributed by atoms with Crippen LogP contribution in [0.5, 0.6) is 0 Å². The molecular weight excluding hydrogens is 242 g/mol. The van der Waals surface area contributed by atoms with Gasteiger partial charge in [0.05, 0.1) is 18.3 Å². The van der Waals surface area contributed by atoms with Gasteiger partial charge in [0.15, 0.2) is 0 Å². The summed E-state index contributed by atoms with van der Waals surface area (Å²) < 4.78 is 5.45. The number of hydrogen-bond acceptors (Lipinski definition) is 3. The molecule has 0 saturated carbocycles.